The summed E-state index contributed by atoms with van der Waals surface area (Å²) in [4.78, 5) is 23.6. The lowest BCUT2D eigenvalue weighted by molar-refractivity contribution is -0.148. The molecule has 0 aliphatic carbocycles. The number of rotatable bonds is 5. The minimum Gasteiger partial charge on any atom is -0.455 e. The predicted molar refractivity (Wildman–Crippen MR) is 90.9 cm³/mol. The Bertz CT molecular complexity index is 765. The monoisotopic (exact) mass is 393 g/mol. The zero-order valence-electron chi connectivity index (χ0n) is 13.0. The number of benzene rings is 1. The van der Waals surface area contributed by atoms with Crippen molar-refractivity contribution in [3.8, 4) is 0 Å². The molecule has 0 radical (unpaired) electrons. The van der Waals surface area contributed by atoms with E-state index in [4.69, 9.17) is 27.9 Å². The van der Waals surface area contributed by atoms with Crippen LogP contribution in [0.3, 0.4) is 0 Å². The van der Waals surface area contributed by atoms with E-state index in [9.17, 15) is 18.0 Å². The summed E-state index contributed by atoms with van der Waals surface area (Å²) in [5.41, 5.74) is -0.276. The fourth-order valence-corrected chi connectivity index (χ4v) is 5.07. The van der Waals surface area contributed by atoms with Crippen molar-refractivity contribution >= 4 is 44.9 Å². The van der Waals surface area contributed by atoms with Crippen molar-refractivity contribution in [1.29, 1.82) is 0 Å². The summed E-state index contributed by atoms with van der Waals surface area (Å²) in [7, 11) is -3.13. The molecular formula is C15H17Cl2NO5S. The SMILES string of the molecule is C[C@]1(NC(=O)COC(=O)Cc2ccc(Cl)cc2Cl)CCS(=O)(=O)C1. The molecule has 1 fully saturated rings. The number of esters is 1. The highest BCUT2D eigenvalue weighted by molar-refractivity contribution is 7.91. The lowest BCUT2D eigenvalue weighted by Crippen LogP contribution is -2.48. The molecule has 1 N–H and O–H groups in total. The van der Waals surface area contributed by atoms with Gasteiger partial charge in [-0.1, -0.05) is 29.3 Å². The molecular weight excluding hydrogens is 377 g/mol. The zero-order chi connectivity index (χ0) is 18.0. The molecule has 0 bridgehead atoms. The second kappa shape index (κ2) is 7.29. The van der Waals surface area contributed by atoms with Gasteiger partial charge >= 0.3 is 5.97 Å². The molecule has 1 amide bonds. The number of ether oxygens (including phenoxy) is 1. The Balaban J connectivity index is 1.82. The van der Waals surface area contributed by atoms with Gasteiger partial charge in [-0.05, 0) is 31.0 Å². The van der Waals surface area contributed by atoms with Crippen LogP contribution in [0.5, 0.6) is 0 Å². The van der Waals surface area contributed by atoms with E-state index in [0.717, 1.165) is 0 Å². The van der Waals surface area contributed by atoms with E-state index in [0.29, 0.717) is 22.0 Å². The Hall–Kier alpha value is -1.31. The molecule has 2 rings (SSSR count). The summed E-state index contributed by atoms with van der Waals surface area (Å²) in [5, 5.41) is 3.41. The quantitative estimate of drug-likeness (QED) is 0.769. The third kappa shape index (κ3) is 5.36. The molecule has 0 aromatic heterocycles. The van der Waals surface area contributed by atoms with Gasteiger partial charge in [-0.3, -0.25) is 9.59 Å². The van der Waals surface area contributed by atoms with Crippen LogP contribution in [0.15, 0.2) is 18.2 Å². The second-order valence-corrected chi connectivity index (χ2v) is 9.05. The van der Waals surface area contributed by atoms with Gasteiger partial charge < -0.3 is 10.1 Å². The van der Waals surface area contributed by atoms with Crippen LogP contribution in [0.2, 0.25) is 10.0 Å². The molecule has 132 valence electrons. The smallest absolute Gasteiger partial charge is 0.310 e. The minimum absolute atomic E-state index is 0.0403. The molecule has 0 spiro atoms. The fraction of sp³-hybridized carbons (Fsp3) is 0.467. The van der Waals surface area contributed by atoms with Crippen LogP contribution < -0.4 is 5.32 Å². The molecule has 24 heavy (non-hydrogen) atoms. The van der Waals surface area contributed by atoms with Crippen molar-refractivity contribution in [3.63, 3.8) is 0 Å². The maximum atomic E-state index is 11.9. The van der Waals surface area contributed by atoms with Crippen LogP contribution in [-0.2, 0) is 30.6 Å². The van der Waals surface area contributed by atoms with Gasteiger partial charge in [-0.15, -0.1) is 0 Å². The van der Waals surface area contributed by atoms with Crippen molar-refractivity contribution < 1.29 is 22.7 Å². The predicted octanol–water partition coefficient (Wildman–Crippen LogP) is 1.77. The molecule has 1 aromatic rings. The normalized spacial score (nSPS) is 22.1. The van der Waals surface area contributed by atoms with Crippen molar-refractivity contribution in [3.05, 3.63) is 33.8 Å². The highest BCUT2D eigenvalue weighted by Gasteiger charge is 2.39. The first-order valence-corrected chi connectivity index (χ1v) is 9.77. The number of sulfone groups is 1. The molecule has 1 aromatic carbocycles. The summed E-state index contributed by atoms with van der Waals surface area (Å²) in [6.45, 7) is 1.18. The molecule has 9 heteroatoms. The minimum atomic E-state index is -3.13. The van der Waals surface area contributed by atoms with Crippen LogP contribution >= 0.6 is 23.2 Å². The lowest BCUT2D eigenvalue weighted by atomic mass is 10.0. The first-order chi connectivity index (χ1) is 11.1. The van der Waals surface area contributed by atoms with Crippen molar-refractivity contribution in [2.45, 2.75) is 25.3 Å². The summed E-state index contributed by atoms with van der Waals surface area (Å²) >= 11 is 11.7. The van der Waals surface area contributed by atoms with E-state index in [-0.39, 0.29) is 17.9 Å². The van der Waals surface area contributed by atoms with E-state index < -0.39 is 33.9 Å². The number of carbonyl (C=O) groups is 2. The maximum absolute atomic E-state index is 11.9. The van der Waals surface area contributed by atoms with E-state index in [1.54, 1.807) is 19.1 Å². The number of hydrogen-bond acceptors (Lipinski definition) is 5. The first-order valence-electron chi connectivity index (χ1n) is 7.20. The van der Waals surface area contributed by atoms with Crippen molar-refractivity contribution in [1.82, 2.24) is 5.32 Å². The largest absolute Gasteiger partial charge is 0.455 e. The third-order valence-corrected chi connectivity index (χ3v) is 6.15. The molecule has 1 atom stereocenters. The maximum Gasteiger partial charge on any atom is 0.310 e. The molecule has 1 aliphatic rings. The van der Waals surface area contributed by atoms with Crippen LogP contribution in [0.4, 0.5) is 0 Å². The highest BCUT2D eigenvalue weighted by atomic mass is 35.5. The van der Waals surface area contributed by atoms with E-state index in [2.05, 4.69) is 5.32 Å². The van der Waals surface area contributed by atoms with Crippen LogP contribution in [-0.4, -0.2) is 43.9 Å². The molecule has 0 saturated carbocycles. The van der Waals surface area contributed by atoms with E-state index >= 15 is 0 Å². The Labute approximate surface area is 150 Å². The summed E-state index contributed by atoms with van der Waals surface area (Å²) in [6.07, 6.45) is 0.254. The Morgan fingerprint density at radius 2 is 2.04 bits per heavy atom. The van der Waals surface area contributed by atoms with Gasteiger partial charge in [0.15, 0.2) is 16.4 Å². The highest BCUT2D eigenvalue weighted by Crippen LogP contribution is 2.23. The van der Waals surface area contributed by atoms with Gasteiger partial charge in [-0.25, -0.2) is 8.42 Å². The van der Waals surface area contributed by atoms with Gasteiger partial charge in [0.25, 0.3) is 5.91 Å². The van der Waals surface area contributed by atoms with Gasteiger partial charge in [0.05, 0.1) is 23.5 Å². The molecule has 1 aliphatic heterocycles. The standard InChI is InChI=1S/C15H17Cl2NO5S/c1-15(4-5-24(21,22)9-15)18-13(19)8-23-14(20)6-10-2-3-11(16)7-12(10)17/h2-3,7H,4-6,8-9H2,1H3,(H,18,19)/t15-/m0/s1. The number of halogens is 2. The van der Waals surface area contributed by atoms with E-state index in [1.165, 1.54) is 6.07 Å². The summed E-state index contributed by atoms with van der Waals surface area (Å²) in [6, 6.07) is 4.72. The average molecular weight is 394 g/mol. The van der Waals surface area contributed by atoms with Gasteiger partial charge in [0.2, 0.25) is 0 Å². The average Bonchev–Trinajstić information content (AvgIpc) is 2.73. The van der Waals surface area contributed by atoms with Crippen LogP contribution in [0.1, 0.15) is 18.9 Å². The summed E-state index contributed by atoms with van der Waals surface area (Å²) < 4.78 is 27.9. The first kappa shape index (κ1) is 19.0. The third-order valence-electron chi connectivity index (χ3n) is 3.66. The van der Waals surface area contributed by atoms with Gasteiger partial charge in [-0.2, -0.15) is 0 Å². The summed E-state index contributed by atoms with van der Waals surface area (Å²) in [5.74, 6) is -1.22. The molecule has 1 heterocycles. The number of carbonyl (C=O) groups excluding carboxylic acids is 2. The molecule has 6 nitrogen and oxygen atoms in total. The van der Waals surface area contributed by atoms with Gasteiger partial charge in [0.1, 0.15) is 0 Å². The lowest BCUT2D eigenvalue weighted by Gasteiger charge is -2.23. The number of amides is 1. The fourth-order valence-electron chi connectivity index (χ4n) is 2.50. The molecule has 1 saturated heterocycles. The topological polar surface area (TPSA) is 89.5 Å². The van der Waals surface area contributed by atoms with E-state index in [1.807, 2.05) is 0 Å². The molecule has 0 unspecified atom stereocenters. The Morgan fingerprint density at radius 1 is 1.33 bits per heavy atom. The Kier molecular flexibility index (Phi) is 5.78. The number of nitrogens with one attached hydrogen (secondary N) is 1. The van der Waals surface area contributed by atoms with Crippen LogP contribution in [0.25, 0.3) is 0 Å². The van der Waals surface area contributed by atoms with Gasteiger partial charge in [0, 0.05) is 10.0 Å². The van der Waals surface area contributed by atoms with Crippen molar-refractivity contribution in [2.24, 2.45) is 0 Å². The Morgan fingerprint density at radius 3 is 2.62 bits per heavy atom. The second-order valence-electron chi connectivity index (χ2n) is 6.02. The van der Waals surface area contributed by atoms with Crippen molar-refractivity contribution in [2.75, 3.05) is 18.1 Å². The zero-order valence-corrected chi connectivity index (χ0v) is 15.3. The van der Waals surface area contributed by atoms with Crippen LogP contribution in [0, 0.1) is 0 Å². The number of hydrogen-bond donors (Lipinski definition) is 1.